The number of benzene rings is 1. The van der Waals surface area contributed by atoms with Gasteiger partial charge in [0.1, 0.15) is 11.2 Å². The first-order chi connectivity index (χ1) is 11.0. The number of hydrogen-bond donors (Lipinski definition) is 0. The molecule has 1 amide bonds. The van der Waals surface area contributed by atoms with E-state index in [-0.39, 0.29) is 5.91 Å². The van der Waals surface area contributed by atoms with Gasteiger partial charge in [-0.3, -0.25) is 9.69 Å². The van der Waals surface area contributed by atoms with Crippen molar-refractivity contribution in [2.45, 2.75) is 20.3 Å². The monoisotopic (exact) mass is 315 g/mol. The molecular weight excluding hydrogens is 290 g/mol. The smallest absolute Gasteiger partial charge is 0.242 e. The minimum atomic E-state index is -0.925. The summed E-state index contributed by atoms with van der Waals surface area (Å²) < 4.78 is 5.16. The summed E-state index contributed by atoms with van der Waals surface area (Å²) in [5.74, 6) is 0.816. The highest BCUT2D eigenvalue weighted by Gasteiger charge is 2.33. The molecule has 0 atom stereocenters. The van der Waals surface area contributed by atoms with Gasteiger partial charge in [-0.2, -0.15) is 5.26 Å². The molecule has 1 aromatic rings. The molecule has 1 aliphatic heterocycles. The molecule has 1 fully saturated rings. The number of methoxy groups -OCH3 is 1. The van der Waals surface area contributed by atoms with Crippen LogP contribution in [-0.4, -0.2) is 55.5 Å². The van der Waals surface area contributed by atoms with Crippen molar-refractivity contribution >= 4 is 5.91 Å². The van der Waals surface area contributed by atoms with Gasteiger partial charge in [0.2, 0.25) is 5.91 Å². The fourth-order valence-electron chi connectivity index (χ4n) is 2.70. The molecule has 1 aromatic carbocycles. The van der Waals surface area contributed by atoms with Crippen molar-refractivity contribution in [2.75, 3.05) is 39.8 Å². The first-order valence-corrected chi connectivity index (χ1v) is 8.02. The van der Waals surface area contributed by atoms with E-state index in [1.165, 1.54) is 5.56 Å². The van der Waals surface area contributed by atoms with Crippen molar-refractivity contribution in [2.24, 2.45) is 5.41 Å². The van der Waals surface area contributed by atoms with Crippen LogP contribution in [0.5, 0.6) is 5.75 Å². The third-order valence-corrected chi connectivity index (χ3v) is 4.35. The Kier molecular flexibility index (Phi) is 5.62. The minimum absolute atomic E-state index is 0.0604. The first-order valence-electron chi connectivity index (χ1n) is 8.02. The number of ether oxygens (including phenoxy) is 1. The standard InChI is InChI=1S/C18H25N3O2/c1-18(2,14-19)17(22)21-12-10-20(11-13-21)9-8-15-4-6-16(23-3)7-5-15/h4-7H,8-13H2,1-3H3. The lowest BCUT2D eigenvalue weighted by molar-refractivity contribution is -0.139. The molecule has 0 saturated carbocycles. The van der Waals surface area contributed by atoms with Crippen molar-refractivity contribution in [1.82, 2.24) is 9.80 Å². The Morgan fingerprint density at radius 3 is 2.35 bits per heavy atom. The third kappa shape index (κ3) is 4.46. The summed E-state index contributed by atoms with van der Waals surface area (Å²) in [7, 11) is 1.67. The van der Waals surface area contributed by atoms with Crippen LogP contribution in [0.2, 0.25) is 0 Å². The maximum Gasteiger partial charge on any atom is 0.242 e. The van der Waals surface area contributed by atoms with Gasteiger partial charge in [0.15, 0.2) is 0 Å². The van der Waals surface area contributed by atoms with Gasteiger partial charge in [-0.05, 0) is 38.0 Å². The molecule has 0 aromatic heterocycles. The summed E-state index contributed by atoms with van der Waals surface area (Å²) in [6.07, 6.45) is 0.988. The van der Waals surface area contributed by atoms with Gasteiger partial charge >= 0.3 is 0 Å². The fraction of sp³-hybridized carbons (Fsp3) is 0.556. The van der Waals surface area contributed by atoms with Crippen molar-refractivity contribution in [3.8, 4) is 11.8 Å². The molecule has 23 heavy (non-hydrogen) atoms. The number of hydrogen-bond acceptors (Lipinski definition) is 4. The van der Waals surface area contributed by atoms with E-state index in [2.05, 4.69) is 23.1 Å². The molecule has 124 valence electrons. The SMILES string of the molecule is COc1ccc(CCN2CCN(C(=O)C(C)(C)C#N)CC2)cc1. The summed E-state index contributed by atoms with van der Waals surface area (Å²) in [6.45, 7) is 7.48. The number of carbonyl (C=O) groups excluding carboxylic acids is 1. The highest BCUT2D eigenvalue weighted by Crippen LogP contribution is 2.19. The second-order valence-corrected chi connectivity index (χ2v) is 6.47. The van der Waals surface area contributed by atoms with Gasteiger partial charge < -0.3 is 9.64 Å². The van der Waals surface area contributed by atoms with Crippen LogP contribution in [0.25, 0.3) is 0 Å². The normalized spacial score (nSPS) is 16.0. The molecule has 1 aliphatic rings. The zero-order valence-electron chi connectivity index (χ0n) is 14.2. The summed E-state index contributed by atoms with van der Waals surface area (Å²) in [5, 5.41) is 9.08. The molecule has 2 rings (SSSR count). The van der Waals surface area contributed by atoms with Crippen LogP contribution in [-0.2, 0) is 11.2 Å². The second-order valence-electron chi connectivity index (χ2n) is 6.47. The summed E-state index contributed by atoms with van der Waals surface area (Å²) in [6, 6.07) is 10.2. The average molecular weight is 315 g/mol. The molecule has 0 unspecified atom stereocenters. The quantitative estimate of drug-likeness (QED) is 0.833. The highest BCUT2D eigenvalue weighted by molar-refractivity contribution is 5.84. The lowest BCUT2D eigenvalue weighted by Gasteiger charge is -2.36. The van der Waals surface area contributed by atoms with Gasteiger partial charge in [-0.25, -0.2) is 0 Å². The zero-order valence-corrected chi connectivity index (χ0v) is 14.2. The number of amides is 1. The Morgan fingerprint density at radius 1 is 1.22 bits per heavy atom. The first kappa shape index (κ1) is 17.3. The number of nitriles is 1. The van der Waals surface area contributed by atoms with Gasteiger partial charge in [0, 0.05) is 32.7 Å². The van der Waals surface area contributed by atoms with Crippen LogP contribution >= 0.6 is 0 Å². The lowest BCUT2D eigenvalue weighted by Crippen LogP contribution is -2.52. The molecule has 1 saturated heterocycles. The molecule has 5 nitrogen and oxygen atoms in total. The van der Waals surface area contributed by atoms with Gasteiger partial charge in [0.05, 0.1) is 13.2 Å². The van der Waals surface area contributed by atoms with Crippen molar-refractivity contribution in [3.05, 3.63) is 29.8 Å². The maximum absolute atomic E-state index is 12.3. The predicted molar refractivity (Wildman–Crippen MR) is 89.1 cm³/mol. The third-order valence-electron chi connectivity index (χ3n) is 4.35. The molecular formula is C18H25N3O2. The topological polar surface area (TPSA) is 56.6 Å². The molecule has 0 bridgehead atoms. The molecule has 1 heterocycles. The molecule has 0 spiro atoms. The van der Waals surface area contributed by atoms with E-state index < -0.39 is 5.41 Å². The zero-order chi connectivity index (χ0) is 16.9. The van der Waals surface area contributed by atoms with E-state index in [4.69, 9.17) is 10.00 Å². The Labute approximate surface area is 138 Å². The number of nitrogens with zero attached hydrogens (tertiary/aromatic N) is 3. The molecule has 0 aliphatic carbocycles. The number of piperazine rings is 1. The van der Waals surface area contributed by atoms with Crippen LogP contribution < -0.4 is 4.74 Å². The van der Waals surface area contributed by atoms with Crippen LogP contribution in [0, 0.1) is 16.7 Å². The van der Waals surface area contributed by atoms with Crippen LogP contribution in [0.15, 0.2) is 24.3 Å². The Balaban J connectivity index is 1.78. The fourth-order valence-corrected chi connectivity index (χ4v) is 2.70. The van der Waals surface area contributed by atoms with Crippen molar-refractivity contribution in [3.63, 3.8) is 0 Å². The average Bonchev–Trinajstić information content (AvgIpc) is 2.60. The van der Waals surface area contributed by atoms with E-state index in [9.17, 15) is 4.79 Å². The number of rotatable bonds is 5. The predicted octanol–water partition coefficient (Wildman–Crippen LogP) is 1.93. The van der Waals surface area contributed by atoms with Gasteiger partial charge in [-0.1, -0.05) is 12.1 Å². The number of carbonyl (C=O) groups is 1. The maximum atomic E-state index is 12.3. The minimum Gasteiger partial charge on any atom is -0.497 e. The highest BCUT2D eigenvalue weighted by atomic mass is 16.5. The van der Waals surface area contributed by atoms with Crippen molar-refractivity contribution in [1.29, 1.82) is 5.26 Å². The van der Waals surface area contributed by atoms with E-state index in [0.29, 0.717) is 13.1 Å². The summed E-state index contributed by atoms with van der Waals surface area (Å²) in [4.78, 5) is 16.5. The molecule has 5 heteroatoms. The van der Waals surface area contributed by atoms with Crippen molar-refractivity contribution < 1.29 is 9.53 Å². The Hall–Kier alpha value is -2.06. The van der Waals surface area contributed by atoms with Gasteiger partial charge in [0.25, 0.3) is 0 Å². The van der Waals surface area contributed by atoms with Gasteiger partial charge in [-0.15, -0.1) is 0 Å². The van der Waals surface area contributed by atoms with Crippen LogP contribution in [0.1, 0.15) is 19.4 Å². The van der Waals surface area contributed by atoms with E-state index in [1.807, 2.05) is 17.0 Å². The Morgan fingerprint density at radius 2 is 1.83 bits per heavy atom. The van der Waals surface area contributed by atoms with E-state index in [0.717, 1.165) is 31.8 Å². The van der Waals surface area contributed by atoms with E-state index in [1.54, 1.807) is 21.0 Å². The summed E-state index contributed by atoms with van der Waals surface area (Å²) >= 11 is 0. The van der Waals surface area contributed by atoms with E-state index >= 15 is 0 Å². The molecule has 0 radical (unpaired) electrons. The van der Waals surface area contributed by atoms with Crippen LogP contribution in [0.3, 0.4) is 0 Å². The second kappa shape index (κ2) is 7.47. The largest absolute Gasteiger partial charge is 0.497 e. The summed E-state index contributed by atoms with van der Waals surface area (Å²) in [5.41, 5.74) is 0.362. The molecule has 0 N–H and O–H groups in total. The Bertz CT molecular complexity index is 567. The lowest BCUT2D eigenvalue weighted by atomic mass is 9.93. The van der Waals surface area contributed by atoms with Crippen LogP contribution in [0.4, 0.5) is 0 Å².